The van der Waals surface area contributed by atoms with Crippen LogP contribution in [0, 0.1) is 6.92 Å². The van der Waals surface area contributed by atoms with E-state index < -0.39 is 0 Å². The molecule has 1 heterocycles. The average Bonchev–Trinajstić information content (AvgIpc) is 2.93. The summed E-state index contributed by atoms with van der Waals surface area (Å²) in [5.41, 5.74) is 3.83. The van der Waals surface area contributed by atoms with Crippen molar-refractivity contribution < 1.29 is 9.21 Å². The number of nitrogens with zero attached hydrogens (tertiary/aromatic N) is 1. The summed E-state index contributed by atoms with van der Waals surface area (Å²) in [7, 11) is 0. The third-order valence-electron chi connectivity index (χ3n) is 3.55. The zero-order chi connectivity index (χ0) is 16.1. The highest BCUT2D eigenvalue weighted by atomic mass is 16.3. The van der Waals surface area contributed by atoms with Crippen molar-refractivity contribution in [2.45, 2.75) is 19.9 Å². The molecule has 0 bridgehead atoms. The Morgan fingerprint density at radius 1 is 1.09 bits per heavy atom. The Labute approximate surface area is 134 Å². The van der Waals surface area contributed by atoms with Crippen molar-refractivity contribution in [1.82, 2.24) is 15.6 Å². The van der Waals surface area contributed by atoms with E-state index in [1.807, 2.05) is 55.5 Å². The highest BCUT2D eigenvalue weighted by Crippen LogP contribution is 2.16. The van der Waals surface area contributed by atoms with Crippen LogP contribution in [0.1, 0.15) is 17.0 Å². The summed E-state index contributed by atoms with van der Waals surface area (Å²) in [6.07, 6.45) is 0.744. The van der Waals surface area contributed by atoms with E-state index in [0.717, 1.165) is 28.6 Å². The zero-order valence-corrected chi connectivity index (χ0v) is 13.0. The maximum atomic E-state index is 11.8. The number of benzene rings is 2. The van der Waals surface area contributed by atoms with Gasteiger partial charge in [0.05, 0.1) is 0 Å². The summed E-state index contributed by atoms with van der Waals surface area (Å²) < 4.78 is 5.51. The summed E-state index contributed by atoms with van der Waals surface area (Å²) in [6, 6.07) is 15.6. The third-order valence-corrected chi connectivity index (χ3v) is 3.55. The predicted molar refractivity (Wildman–Crippen MR) is 89.1 cm³/mol. The van der Waals surface area contributed by atoms with Crippen LogP contribution >= 0.6 is 0 Å². The molecule has 0 saturated carbocycles. The van der Waals surface area contributed by atoms with Crippen LogP contribution in [-0.4, -0.2) is 17.6 Å². The normalized spacial score (nSPS) is 10.7. The van der Waals surface area contributed by atoms with Gasteiger partial charge in [0.1, 0.15) is 5.52 Å². The monoisotopic (exact) mass is 309 g/mol. The summed E-state index contributed by atoms with van der Waals surface area (Å²) in [6.45, 7) is 2.92. The number of fused-ring (bicyclic) bond motifs is 1. The lowest BCUT2D eigenvalue weighted by molar-refractivity contribution is 0.240. The second-order valence-corrected chi connectivity index (χ2v) is 5.38. The van der Waals surface area contributed by atoms with E-state index in [1.165, 1.54) is 0 Å². The number of nitrogens with one attached hydrogen (secondary N) is 2. The molecular weight excluding hydrogens is 290 g/mol. The van der Waals surface area contributed by atoms with Crippen molar-refractivity contribution in [1.29, 1.82) is 0 Å². The van der Waals surface area contributed by atoms with Gasteiger partial charge in [-0.2, -0.15) is 0 Å². The fourth-order valence-corrected chi connectivity index (χ4v) is 2.40. The van der Waals surface area contributed by atoms with Crippen molar-refractivity contribution in [3.05, 3.63) is 65.5 Å². The van der Waals surface area contributed by atoms with E-state index in [9.17, 15) is 4.79 Å². The summed E-state index contributed by atoms with van der Waals surface area (Å²) in [5.74, 6) is 0.663. The second kappa shape index (κ2) is 6.96. The first-order chi connectivity index (χ1) is 11.2. The van der Waals surface area contributed by atoms with Gasteiger partial charge in [-0.05, 0) is 29.7 Å². The molecule has 118 valence electrons. The minimum atomic E-state index is -0.162. The van der Waals surface area contributed by atoms with Crippen LogP contribution in [0.4, 0.5) is 4.79 Å². The molecule has 3 aromatic rings. The first-order valence-corrected chi connectivity index (χ1v) is 7.62. The van der Waals surface area contributed by atoms with Crippen LogP contribution in [0.5, 0.6) is 0 Å². The van der Waals surface area contributed by atoms with E-state index in [2.05, 4.69) is 15.6 Å². The quantitative estimate of drug-likeness (QED) is 0.760. The largest absolute Gasteiger partial charge is 0.441 e. The van der Waals surface area contributed by atoms with Crippen LogP contribution in [0.2, 0.25) is 0 Å². The maximum absolute atomic E-state index is 11.8. The Hall–Kier alpha value is -2.82. The van der Waals surface area contributed by atoms with E-state index >= 15 is 0 Å². The van der Waals surface area contributed by atoms with Crippen molar-refractivity contribution in [3.8, 4) is 0 Å². The van der Waals surface area contributed by atoms with Crippen molar-refractivity contribution >= 4 is 17.1 Å². The summed E-state index contributed by atoms with van der Waals surface area (Å²) in [4.78, 5) is 16.0. The van der Waals surface area contributed by atoms with Crippen molar-refractivity contribution in [2.75, 3.05) is 6.54 Å². The molecule has 2 N–H and O–H groups in total. The van der Waals surface area contributed by atoms with Gasteiger partial charge >= 0.3 is 6.03 Å². The number of hydrogen-bond acceptors (Lipinski definition) is 3. The first kappa shape index (κ1) is 15.1. The van der Waals surface area contributed by atoms with Crippen molar-refractivity contribution in [3.63, 3.8) is 0 Å². The van der Waals surface area contributed by atoms with Crippen LogP contribution < -0.4 is 10.6 Å². The molecule has 0 aliphatic carbocycles. The van der Waals surface area contributed by atoms with Gasteiger partial charge in [0.15, 0.2) is 11.5 Å². The fraction of sp³-hybridized carbons (Fsp3) is 0.222. The number of aryl methyl sites for hydroxylation is 1. The first-order valence-electron chi connectivity index (χ1n) is 7.62. The van der Waals surface area contributed by atoms with Gasteiger partial charge < -0.3 is 15.1 Å². The van der Waals surface area contributed by atoms with Gasteiger partial charge in [-0.1, -0.05) is 36.4 Å². The molecule has 0 radical (unpaired) electrons. The molecule has 0 aliphatic heterocycles. The number of carbonyl (C=O) groups is 1. The number of oxazole rings is 1. The molecule has 0 fully saturated rings. The maximum Gasteiger partial charge on any atom is 0.315 e. The molecule has 0 unspecified atom stereocenters. The number of hydrogen-bond donors (Lipinski definition) is 2. The Kier molecular flexibility index (Phi) is 4.57. The minimum Gasteiger partial charge on any atom is -0.441 e. The molecule has 3 rings (SSSR count). The zero-order valence-electron chi connectivity index (χ0n) is 13.0. The number of aromatic nitrogens is 1. The standard InChI is InChI=1S/C18H19N3O2/c1-13-21-16-8-7-14(11-17(16)23-13)9-10-19-18(22)20-12-15-5-3-2-4-6-15/h2-8,11H,9-10,12H2,1H3,(H2,19,20,22). The minimum absolute atomic E-state index is 0.162. The Morgan fingerprint density at radius 3 is 2.74 bits per heavy atom. The molecular formula is C18H19N3O2. The average molecular weight is 309 g/mol. The van der Waals surface area contributed by atoms with Gasteiger partial charge in [0.25, 0.3) is 0 Å². The van der Waals surface area contributed by atoms with Crippen molar-refractivity contribution in [2.24, 2.45) is 0 Å². The molecule has 0 atom stereocenters. The lowest BCUT2D eigenvalue weighted by Gasteiger charge is -2.07. The third kappa shape index (κ3) is 4.10. The number of urea groups is 1. The predicted octanol–water partition coefficient (Wildman–Crippen LogP) is 3.18. The molecule has 0 aliphatic rings. The number of amides is 2. The van der Waals surface area contributed by atoms with Gasteiger partial charge in [-0.3, -0.25) is 0 Å². The van der Waals surface area contributed by atoms with Gasteiger partial charge in [0, 0.05) is 20.0 Å². The van der Waals surface area contributed by atoms with E-state index in [0.29, 0.717) is 19.0 Å². The lowest BCUT2D eigenvalue weighted by Crippen LogP contribution is -2.36. The highest BCUT2D eigenvalue weighted by molar-refractivity contribution is 5.74. The molecule has 23 heavy (non-hydrogen) atoms. The smallest absolute Gasteiger partial charge is 0.315 e. The Balaban J connectivity index is 1.45. The summed E-state index contributed by atoms with van der Waals surface area (Å²) >= 11 is 0. The molecule has 5 heteroatoms. The van der Waals surface area contributed by atoms with Crippen LogP contribution in [0.25, 0.3) is 11.1 Å². The second-order valence-electron chi connectivity index (χ2n) is 5.38. The Bertz CT molecular complexity index is 796. The molecule has 2 amide bonds. The van der Waals surface area contributed by atoms with Crippen LogP contribution in [0.15, 0.2) is 52.9 Å². The van der Waals surface area contributed by atoms with Crippen LogP contribution in [0.3, 0.4) is 0 Å². The molecule has 1 aromatic heterocycles. The Morgan fingerprint density at radius 2 is 1.91 bits per heavy atom. The van der Waals surface area contributed by atoms with Gasteiger partial charge in [0.2, 0.25) is 0 Å². The molecule has 5 nitrogen and oxygen atoms in total. The number of rotatable bonds is 5. The summed E-state index contributed by atoms with van der Waals surface area (Å²) in [5, 5.41) is 5.70. The molecule has 0 saturated heterocycles. The number of carbonyl (C=O) groups excluding carboxylic acids is 1. The highest BCUT2D eigenvalue weighted by Gasteiger charge is 2.04. The van der Waals surface area contributed by atoms with E-state index in [-0.39, 0.29) is 6.03 Å². The van der Waals surface area contributed by atoms with Gasteiger partial charge in [-0.25, -0.2) is 9.78 Å². The van der Waals surface area contributed by atoms with Gasteiger partial charge in [-0.15, -0.1) is 0 Å². The lowest BCUT2D eigenvalue weighted by atomic mass is 10.1. The van der Waals surface area contributed by atoms with E-state index in [1.54, 1.807) is 0 Å². The fourth-order valence-electron chi connectivity index (χ4n) is 2.40. The SMILES string of the molecule is Cc1nc2ccc(CCNC(=O)NCc3ccccc3)cc2o1. The molecule has 0 spiro atoms. The van der Waals surface area contributed by atoms with E-state index in [4.69, 9.17) is 4.42 Å². The van der Waals surface area contributed by atoms with Crippen LogP contribution in [-0.2, 0) is 13.0 Å². The molecule has 2 aromatic carbocycles. The topological polar surface area (TPSA) is 67.2 Å².